The zero-order chi connectivity index (χ0) is 10.4. The van der Waals surface area contributed by atoms with E-state index in [1.807, 2.05) is 0 Å². The van der Waals surface area contributed by atoms with Gasteiger partial charge in [0.05, 0.1) is 7.11 Å². The molecule has 76 valence electrons. The first-order chi connectivity index (χ1) is 6.02. The molecule has 0 fully saturated rings. The molecule has 0 saturated carbocycles. The minimum Gasteiger partial charge on any atom is -0.465 e. The van der Waals surface area contributed by atoms with Crippen LogP contribution in [0.2, 0.25) is 0 Å². The van der Waals surface area contributed by atoms with Gasteiger partial charge in [0.15, 0.2) is 0 Å². The van der Waals surface area contributed by atoms with Crippen LogP contribution >= 0.6 is 0 Å². The van der Waals surface area contributed by atoms with E-state index in [4.69, 9.17) is 5.11 Å². The molecule has 6 heteroatoms. The van der Waals surface area contributed by atoms with Gasteiger partial charge in [-0.3, -0.25) is 9.63 Å². The first-order valence-electron chi connectivity index (χ1n) is 3.84. The van der Waals surface area contributed by atoms with E-state index in [9.17, 15) is 9.59 Å². The number of carbonyl (C=O) groups excluding carboxylic acids is 1. The van der Waals surface area contributed by atoms with E-state index in [1.165, 1.54) is 14.2 Å². The van der Waals surface area contributed by atoms with Crippen LogP contribution in [0.25, 0.3) is 0 Å². The molecule has 1 unspecified atom stereocenters. The Balaban J connectivity index is 4.22. The van der Waals surface area contributed by atoms with Crippen LogP contribution in [0.15, 0.2) is 0 Å². The maximum absolute atomic E-state index is 11.3. The van der Waals surface area contributed by atoms with Crippen molar-refractivity contribution in [2.24, 2.45) is 0 Å². The molecule has 1 atom stereocenters. The average Bonchev–Trinajstić information content (AvgIpc) is 2.11. The highest BCUT2D eigenvalue weighted by Crippen LogP contribution is 1.97. The van der Waals surface area contributed by atoms with Gasteiger partial charge < -0.3 is 10.4 Å². The molecule has 0 aromatic carbocycles. The molecule has 0 heterocycles. The molecule has 0 saturated heterocycles. The maximum Gasteiger partial charge on any atom is 0.405 e. The number of nitrogens with zero attached hydrogens (tertiary/aromatic N) is 1. The van der Waals surface area contributed by atoms with E-state index in [-0.39, 0.29) is 0 Å². The number of likely N-dealkylation sites (N-methyl/N-ethyl adjacent to an activating group) is 1. The highest BCUT2D eigenvalue weighted by atomic mass is 16.7. The lowest BCUT2D eigenvalue weighted by Gasteiger charge is -2.20. The van der Waals surface area contributed by atoms with Crippen LogP contribution in [0.4, 0.5) is 4.79 Å². The van der Waals surface area contributed by atoms with Crippen molar-refractivity contribution >= 4 is 12.0 Å². The number of amides is 2. The van der Waals surface area contributed by atoms with Crippen LogP contribution in [0.5, 0.6) is 0 Å². The third-order valence-corrected chi connectivity index (χ3v) is 1.59. The molecule has 0 aromatic rings. The number of hydrogen-bond acceptors (Lipinski definition) is 3. The summed E-state index contributed by atoms with van der Waals surface area (Å²) in [4.78, 5) is 26.2. The minimum atomic E-state index is -1.22. The number of carboxylic acid groups (broad SMARTS) is 1. The minimum absolute atomic E-state index is 0.388. The molecule has 0 radical (unpaired) electrons. The highest BCUT2D eigenvalue weighted by molar-refractivity contribution is 5.84. The summed E-state index contributed by atoms with van der Waals surface area (Å²) in [7, 11) is 2.76. The molecule has 6 nitrogen and oxygen atoms in total. The Morgan fingerprint density at radius 1 is 1.62 bits per heavy atom. The third-order valence-electron chi connectivity index (χ3n) is 1.59. The fourth-order valence-electron chi connectivity index (χ4n) is 0.797. The van der Waals surface area contributed by atoms with Gasteiger partial charge in [-0.05, 0) is 6.42 Å². The first-order valence-corrected chi connectivity index (χ1v) is 3.84. The Morgan fingerprint density at radius 3 is 2.46 bits per heavy atom. The maximum atomic E-state index is 11.3. The Kier molecular flexibility index (Phi) is 4.83. The smallest absolute Gasteiger partial charge is 0.405 e. The van der Waals surface area contributed by atoms with Gasteiger partial charge in [0.25, 0.3) is 5.91 Å². The van der Waals surface area contributed by atoms with Crippen molar-refractivity contribution in [2.45, 2.75) is 19.4 Å². The predicted octanol–water partition coefficient (Wildman–Crippen LogP) is 0.0524. The van der Waals surface area contributed by atoms with E-state index >= 15 is 0 Å². The highest BCUT2D eigenvalue weighted by Gasteiger charge is 2.21. The van der Waals surface area contributed by atoms with Crippen LogP contribution in [-0.2, 0) is 9.63 Å². The second-order valence-electron chi connectivity index (χ2n) is 2.43. The third kappa shape index (κ3) is 3.75. The van der Waals surface area contributed by atoms with Gasteiger partial charge >= 0.3 is 6.09 Å². The topological polar surface area (TPSA) is 78.9 Å². The van der Waals surface area contributed by atoms with Gasteiger partial charge in [-0.2, -0.15) is 0 Å². The van der Waals surface area contributed by atoms with Crippen LogP contribution in [-0.4, -0.2) is 42.4 Å². The second kappa shape index (κ2) is 5.36. The Morgan fingerprint density at radius 2 is 2.15 bits per heavy atom. The van der Waals surface area contributed by atoms with Gasteiger partial charge in [-0.15, -0.1) is 0 Å². The van der Waals surface area contributed by atoms with Crippen LogP contribution < -0.4 is 5.32 Å². The molecule has 0 aliphatic carbocycles. The van der Waals surface area contributed by atoms with Gasteiger partial charge in [0, 0.05) is 7.05 Å². The number of hydrogen-bond donors (Lipinski definition) is 2. The fraction of sp³-hybridized carbons (Fsp3) is 0.714. The van der Waals surface area contributed by atoms with Gasteiger partial charge in [0.1, 0.15) is 6.04 Å². The van der Waals surface area contributed by atoms with Crippen molar-refractivity contribution in [1.29, 1.82) is 0 Å². The second-order valence-corrected chi connectivity index (χ2v) is 2.43. The molecule has 0 bridgehead atoms. The monoisotopic (exact) mass is 190 g/mol. The van der Waals surface area contributed by atoms with Gasteiger partial charge in [-0.1, -0.05) is 6.92 Å². The SMILES string of the molecule is CCC(NC(=O)O)C(=O)N(C)OC. The summed E-state index contributed by atoms with van der Waals surface area (Å²) >= 11 is 0. The molecular formula is C7H14N2O4. The average molecular weight is 190 g/mol. The lowest BCUT2D eigenvalue weighted by Crippen LogP contribution is -2.46. The van der Waals surface area contributed by atoms with Crippen molar-refractivity contribution in [1.82, 2.24) is 10.4 Å². The van der Waals surface area contributed by atoms with E-state index in [1.54, 1.807) is 6.92 Å². The molecule has 0 spiro atoms. The largest absolute Gasteiger partial charge is 0.465 e. The molecule has 2 amide bonds. The summed E-state index contributed by atoms with van der Waals surface area (Å²) in [6.45, 7) is 1.71. The van der Waals surface area contributed by atoms with Crippen LogP contribution in [0, 0.1) is 0 Å². The van der Waals surface area contributed by atoms with Crippen LogP contribution in [0.3, 0.4) is 0 Å². The molecule has 0 rings (SSSR count). The van der Waals surface area contributed by atoms with Crippen LogP contribution in [0.1, 0.15) is 13.3 Å². The van der Waals surface area contributed by atoms with Crippen molar-refractivity contribution in [3.8, 4) is 0 Å². The fourth-order valence-corrected chi connectivity index (χ4v) is 0.797. The molecule has 13 heavy (non-hydrogen) atoms. The zero-order valence-corrected chi connectivity index (χ0v) is 7.90. The van der Waals surface area contributed by atoms with E-state index in [0.717, 1.165) is 5.06 Å². The normalized spacial score (nSPS) is 11.9. The van der Waals surface area contributed by atoms with E-state index in [0.29, 0.717) is 6.42 Å². The summed E-state index contributed by atoms with van der Waals surface area (Å²) < 4.78 is 0. The number of nitrogens with one attached hydrogen (secondary N) is 1. The lowest BCUT2D eigenvalue weighted by molar-refractivity contribution is -0.170. The Labute approximate surface area is 76.4 Å². The summed E-state index contributed by atoms with van der Waals surface area (Å²) in [5.41, 5.74) is 0. The number of carbonyl (C=O) groups is 2. The molecule has 0 aliphatic rings. The number of rotatable bonds is 4. The van der Waals surface area contributed by atoms with Crippen molar-refractivity contribution in [2.75, 3.05) is 14.2 Å². The molecule has 0 aliphatic heterocycles. The summed E-state index contributed by atoms with van der Waals surface area (Å²) in [5.74, 6) is -0.410. The van der Waals surface area contributed by atoms with E-state index in [2.05, 4.69) is 10.2 Å². The quantitative estimate of drug-likeness (QED) is 0.614. The summed E-state index contributed by atoms with van der Waals surface area (Å²) in [6, 6.07) is -0.748. The van der Waals surface area contributed by atoms with E-state index < -0.39 is 18.0 Å². The van der Waals surface area contributed by atoms with Crippen molar-refractivity contribution in [3.63, 3.8) is 0 Å². The van der Waals surface area contributed by atoms with Crippen molar-refractivity contribution < 1.29 is 19.5 Å². The molecular weight excluding hydrogens is 176 g/mol. The molecule has 0 aromatic heterocycles. The van der Waals surface area contributed by atoms with Gasteiger partial charge in [-0.25, -0.2) is 9.86 Å². The zero-order valence-electron chi connectivity index (χ0n) is 7.90. The Hall–Kier alpha value is -1.30. The predicted molar refractivity (Wildman–Crippen MR) is 45.0 cm³/mol. The Bertz CT molecular complexity index is 195. The van der Waals surface area contributed by atoms with Gasteiger partial charge in [0.2, 0.25) is 0 Å². The summed E-state index contributed by atoms with van der Waals surface area (Å²) in [5, 5.41) is 11.5. The number of hydroxylamine groups is 2. The first kappa shape index (κ1) is 11.7. The summed E-state index contributed by atoms with van der Waals surface area (Å²) in [6.07, 6.45) is -0.830. The standard InChI is InChI=1S/C7H14N2O4/c1-4-5(8-7(11)12)6(10)9(2)13-3/h5,8H,4H2,1-3H3,(H,11,12). The molecule has 2 N–H and O–H groups in total. The van der Waals surface area contributed by atoms with Crippen molar-refractivity contribution in [3.05, 3.63) is 0 Å². The lowest BCUT2D eigenvalue weighted by atomic mass is 10.2.